The second-order valence-corrected chi connectivity index (χ2v) is 12.3. The van der Waals surface area contributed by atoms with Gasteiger partial charge >= 0.3 is 0 Å². The second kappa shape index (κ2) is 13.9. The molecule has 2 aliphatic carbocycles. The van der Waals surface area contributed by atoms with Crippen molar-refractivity contribution in [2.45, 2.75) is 115 Å². The summed E-state index contributed by atoms with van der Waals surface area (Å²) in [4.78, 5) is 41.3. The third-order valence-corrected chi connectivity index (χ3v) is 9.15. The fourth-order valence-corrected chi connectivity index (χ4v) is 6.61. The third-order valence-electron chi connectivity index (χ3n) is 9.15. The normalized spacial score (nSPS) is 26.0. The second-order valence-electron chi connectivity index (χ2n) is 12.3. The molecule has 222 valence electrons. The van der Waals surface area contributed by atoms with E-state index in [4.69, 9.17) is 0 Å². The molecule has 4 rings (SSSR count). The van der Waals surface area contributed by atoms with Gasteiger partial charge in [-0.15, -0.1) is 0 Å². The van der Waals surface area contributed by atoms with Crippen LogP contribution in [0.4, 0.5) is 0 Å². The van der Waals surface area contributed by atoms with Crippen LogP contribution in [0, 0.1) is 11.8 Å². The average Bonchev–Trinajstić information content (AvgIpc) is 3.39. The molecular weight excluding hydrogens is 506 g/mol. The summed E-state index contributed by atoms with van der Waals surface area (Å²) in [7, 11) is 1.74. The van der Waals surface area contributed by atoms with Crippen molar-refractivity contribution in [2.24, 2.45) is 11.8 Å². The van der Waals surface area contributed by atoms with Gasteiger partial charge in [-0.1, -0.05) is 57.4 Å². The van der Waals surface area contributed by atoms with Gasteiger partial charge in [-0.3, -0.25) is 19.3 Å². The van der Waals surface area contributed by atoms with Gasteiger partial charge in [0.15, 0.2) is 0 Å². The Morgan fingerprint density at radius 2 is 1.68 bits per heavy atom. The fraction of sp³-hybridized carbons (Fsp3) is 0.710. The van der Waals surface area contributed by atoms with Crippen LogP contribution in [0.1, 0.15) is 89.3 Å². The molecule has 3 aliphatic rings. The summed E-state index contributed by atoms with van der Waals surface area (Å²) >= 11 is 0. The maximum atomic E-state index is 13.9. The molecule has 1 aromatic rings. The van der Waals surface area contributed by atoms with Gasteiger partial charge in [0.25, 0.3) is 0 Å². The van der Waals surface area contributed by atoms with Crippen LogP contribution in [0.2, 0.25) is 0 Å². The Morgan fingerprint density at radius 1 is 0.950 bits per heavy atom. The number of aryl methyl sites for hydroxylation is 1. The van der Waals surface area contributed by atoms with Crippen LogP contribution >= 0.6 is 0 Å². The number of amides is 3. The zero-order valence-corrected chi connectivity index (χ0v) is 24.6. The van der Waals surface area contributed by atoms with Crippen molar-refractivity contribution in [1.29, 1.82) is 0 Å². The molecule has 1 aliphatic heterocycles. The van der Waals surface area contributed by atoms with E-state index in [-0.39, 0.29) is 41.6 Å². The number of rotatable bonds is 10. The topological polar surface area (TPSA) is 123 Å². The van der Waals surface area contributed by atoms with Crippen molar-refractivity contribution >= 4 is 17.7 Å². The molecule has 9 heteroatoms. The average molecular weight is 556 g/mol. The standard InChI is InChI=1S/C31H49N5O4/c1-19(2)28(37)33-23-17-26(30(39)34-25-16-10-14-21-11-8-9-15-24(21)25)36(18-23)31(40)27(22-12-6-5-7-13-22)35-29(38)20(3)32-4/h8-9,11,15,19-20,22-23,25-27,31-32,40H,5-7,10,12-14,16-18H2,1-4H3,(H,33,37)(H,34,39)(H,35,38)/t20-,23-,25+,26-,27-,31?/m0/s1. The van der Waals surface area contributed by atoms with Gasteiger partial charge in [0.05, 0.1) is 24.2 Å². The summed E-state index contributed by atoms with van der Waals surface area (Å²) in [6.07, 6.45) is 7.36. The molecule has 1 saturated heterocycles. The van der Waals surface area contributed by atoms with Gasteiger partial charge in [-0.25, -0.2) is 0 Å². The zero-order valence-electron chi connectivity index (χ0n) is 24.6. The van der Waals surface area contributed by atoms with Crippen molar-refractivity contribution in [1.82, 2.24) is 26.2 Å². The SMILES string of the molecule is CN[C@@H](C)C(=O)N[C@@H](C1CCCCC1)C(O)N1C[C@@H](NC(=O)C(C)C)C[C@H]1C(=O)N[C@@H]1CCCc2ccccc21. The van der Waals surface area contributed by atoms with E-state index in [1.165, 1.54) is 5.56 Å². The van der Waals surface area contributed by atoms with Gasteiger partial charge in [0, 0.05) is 18.5 Å². The highest BCUT2D eigenvalue weighted by atomic mass is 16.3. The summed E-state index contributed by atoms with van der Waals surface area (Å²) < 4.78 is 0. The van der Waals surface area contributed by atoms with Gasteiger partial charge < -0.3 is 26.4 Å². The Hall–Kier alpha value is -2.49. The number of hydrogen-bond donors (Lipinski definition) is 5. The van der Waals surface area contributed by atoms with E-state index in [0.717, 1.165) is 56.9 Å². The van der Waals surface area contributed by atoms with Gasteiger partial charge in [-0.2, -0.15) is 0 Å². The molecule has 0 aromatic heterocycles. The lowest BCUT2D eigenvalue weighted by atomic mass is 9.82. The predicted octanol–water partition coefficient (Wildman–Crippen LogP) is 2.39. The van der Waals surface area contributed by atoms with E-state index in [0.29, 0.717) is 13.0 Å². The molecule has 1 saturated carbocycles. The summed E-state index contributed by atoms with van der Waals surface area (Å²) in [5.41, 5.74) is 2.42. The van der Waals surface area contributed by atoms with Crippen LogP contribution < -0.4 is 21.3 Å². The molecule has 1 heterocycles. The van der Waals surface area contributed by atoms with Crippen LogP contribution in [-0.4, -0.2) is 71.7 Å². The molecule has 0 radical (unpaired) electrons. The number of aliphatic hydroxyl groups is 1. The number of likely N-dealkylation sites (tertiary alicyclic amines) is 1. The number of likely N-dealkylation sites (N-methyl/N-ethyl adjacent to an activating group) is 1. The monoisotopic (exact) mass is 555 g/mol. The number of carbonyl (C=O) groups excluding carboxylic acids is 3. The highest BCUT2D eigenvalue weighted by Crippen LogP contribution is 2.33. The molecule has 5 N–H and O–H groups in total. The van der Waals surface area contributed by atoms with Crippen molar-refractivity contribution in [3.63, 3.8) is 0 Å². The Bertz CT molecular complexity index is 1030. The summed E-state index contributed by atoms with van der Waals surface area (Å²) in [6.45, 7) is 5.84. The molecular formula is C31H49N5O4. The number of benzene rings is 1. The van der Waals surface area contributed by atoms with Crippen LogP contribution in [0.15, 0.2) is 24.3 Å². The maximum Gasteiger partial charge on any atom is 0.238 e. The summed E-state index contributed by atoms with van der Waals surface area (Å²) in [6, 6.07) is 6.39. The molecule has 2 fully saturated rings. The van der Waals surface area contributed by atoms with Crippen molar-refractivity contribution < 1.29 is 19.5 Å². The fourth-order valence-electron chi connectivity index (χ4n) is 6.61. The first-order valence-corrected chi connectivity index (χ1v) is 15.3. The summed E-state index contributed by atoms with van der Waals surface area (Å²) in [5, 5.41) is 24.4. The zero-order chi connectivity index (χ0) is 28.8. The van der Waals surface area contributed by atoms with E-state index < -0.39 is 24.4 Å². The van der Waals surface area contributed by atoms with Gasteiger partial charge in [0.2, 0.25) is 17.7 Å². The van der Waals surface area contributed by atoms with E-state index in [9.17, 15) is 19.5 Å². The first kappa shape index (κ1) is 30.5. The van der Waals surface area contributed by atoms with E-state index in [1.54, 1.807) is 14.0 Å². The Morgan fingerprint density at radius 3 is 2.38 bits per heavy atom. The number of nitrogens with zero attached hydrogens (tertiary/aromatic N) is 1. The first-order valence-electron chi connectivity index (χ1n) is 15.3. The van der Waals surface area contributed by atoms with Crippen LogP contribution in [-0.2, 0) is 20.8 Å². The Kier molecular flexibility index (Phi) is 10.6. The van der Waals surface area contributed by atoms with Crippen molar-refractivity contribution in [3.8, 4) is 0 Å². The van der Waals surface area contributed by atoms with Crippen LogP contribution in [0.25, 0.3) is 0 Å². The molecule has 1 aromatic carbocycles. The third kappa shape index (κ3) is 7.22. The number of carbonyl (C=O) groups is 3. The smallest absolute Gasteiger partial charge is 0.238 e. The number of fused-ring (bicyclic) bond motifs is 1. The highest BCUT2D eigenvalue weighted by Gasteiger charge is 2.45. The van der Waals surface area contributed by atoms with Crippen molar-refractivity contribution in [2.75, 3.05) is 13.6 Å². The largest absolute Gasteiger partial charge is 0.376 e. The molecule has 3 amide bonds. The number of hydrogen-bond acceptors (Lipinski definition) is 6. The molecule has 0 spiro atoms. The first-order chi connectivity index (χ1) is 19.2. The van der Waals surface area contributed by atoms with E-state index in [2.05, 4.69) is 33.4 Å². The Balaban J connectivity index is 1.57. The number of aliphatic hydroxyl groups excluding tert-OH is 1. The lowest BCUT2D eigenvalue weighted by molar-refractivity contribution is -0.134. The summed E-state index contributed by atoms with van der Waals surface area (Å²) in [5.74, 6) is -0.431. The lowest BCUT2D eigenvalue weighted by Gasteiger charge is -2.40. The Labute approximate surface area is 239 Å². The molecule has 6 atom stereocenters. The lowest BCUT2D eigenvalue weighted by Crippen LogP contribution is -2.60. The molecule has 1 unspecified atom stereocenters. The predicted molar refractivity (Wildman–Crippen MR) is 155 cm³/mol. The van der Waals surface area contributed by atoms with Crippen LogP contribution in [0.5, 0.6) is 0 Å². The van der Waals surface area contributed by atoms with Crippen molar-refractivity contribution in [3.05, 3.63) is 35.4 Å². The van der Waals surface area contributed by atoms with Gasteiger partial charge in [0.1, 0.15) is 6.23 Å². The number of nitrogens with one attached hydrogen (secondary N) is 4. The van der Waals surface area contributed by atoms with Gasteiger partial charge in [-0.05, 0) is 69.5 Å². The van der Waals surface area contributed by atoms with Crippen LogP contribution in [0.3, 0.4) is 0 Å². The minimum atomic E-state index is -1.05. The molecule has 40 heavy (non-hydrogen) atoms. The molecule has 0 bridgehead atoms. The van der Waals surface area contributed by atoms with E-state index >= 15 is 0 Å². The quantitative estimate of drug-likeness (QED) is 0.302. The minimum absolute atomic E-state index is 0.0679. The van der Waals surface area contributed by atoms with E-state index in [1.807, 2.05) is 30.9 Å². The minimum Gasteiger partial charge on any atom is -0.376 e. The maximum absolute atomic E-state index is 13.9. The highest BCUT2D eigenvalue weighted by molar-refractivity contribution is 5.84. The molecule has 9 nitrogen and oxygen atoms in total.